The third-order valence-electron chi connectivity index (χ3n) is 5.25. The third kappa shape index (κ3) is 5.31. The fourth-order valence-corrected chi connectivity index (χ4v) is 3.62. The number of nitrogens with one attached hydrogen (secondary N) is 2. The van der Waals surface area contributed by atoms with Crippen molar-refractivity contribution in [1.82, 2.24) is 5.32 Å². The van der Waals surface area contributed by atoms with Gasteiger partial charge in [0.25, 0.3) is 17.7 Å². The zero-order chi connectivity index (χ0) is 25.7. The Morgan fingerprint density at radius 2 is 1.67 bits per heavy atom. The van der Waals surface area contributed by atoms with Crippen LogP contribution in [0.5, 0.6) is 0 Å². The number of nitrogens with zero attached hydrogens (tertiary/aromatic N) is 1. The molecule has 0 saturated heterocycles. The number of benzene rings is 2. The molecule has 9 nitrogen and oxygen atoms in total. The van der Waals surface area contributed by atoms with Gasteiger partial charge in [0.2, 0.25) is 0 Å². The molecule has 2 N–H and O–H groups in total. The summed E-state index contributed by atoms with van der Waals surface area (Å²) in [5.74, 6) is -1.50. The van der Waals surface area contributed by atoms with Crippen LogP contribution in [0.4, 0.5) is 11.4 Å². The summed E-state index contributed by atoms with van der Waals surface area (Å²) in [6.07, 6.45) is 2.22. The lowest BCUT2D eigenvalue weighted by Crippen LogP contribution is -2.32. The van der Waals surface area contributed by atoms with Gasteiger partial charge in [0.15, 0.2) is 0 Å². The first-order valence-electron chi connectivity index (χ1n) is 11.1. The fraction of sp³-hybridized carbons (Fsp3) is 0.154. The average molecular weight is 508 g/mol. The van der Waals surface area contributed by atoms with Crippen molar-refractivity contribution in [3.05, 3.63) is 94.5 Å². The fourth-order valence-electron chi connectivity index (χ4n) is 3.40. The van der Waals surface area contributed by atoms with Crippen molar-refractivity contribution in [2.45, 2.75) is 19.9 Å². The largest absolute Gasteiger partial charge is 0.467 e. The average Bonchev–Trinajstić information content (AvgIpc) is 3.49. The molecule has 0 fully saturated rings. The molecule has 0 spiro atoms. The SMILES string of the molecule is CCCOC(=O)c1ccc(N2C(=O)C(Cl)=C(Nc3ccc(C(=O)NCc4ccco4)cc3)C2=O)cc1. The zero-order valence-electron chi connectivity index (χ0n) is 19.2. The standard InChI is InChI=1S/C26H22ClN3O6/c1-2-13-36-26(34)17-7-11-19(12-8-17)30-24(32)21(27)22(25(30)33)29-18-9-5-16(6-10-18)23(31)28-15-20-4-3-14-35-20/h3-12,14,29H,2,13,15H2,1H3,(H,28,31). The van der Waals surface area contributed by atoms with E-state index in [9.17, 15) is 19.2 Å². The molecule has 184 valence electrons. The normalized spacial score (nSPS) is 13.2. The van der Waals surface area contributed by atoms with E-state index in [0.717, 1.165) is 4.90 Å². The number of anilines is 2. The summed E-state index contributed by atoms with van der Waals surface area (Å²) in [7, 11) is 0. The molecule has 3 amide bonds. The molecule has 0 saturated carbocycles. The summed E-state index contributed by atoms with van der Waals surface area (Å²) >= 11 is 6.19. The van der Waals surface area contributed by atoms with Crippen LogP contribution < -0.4 is 15.5 Å². The van der Waals surface area contributed by atoms with Gasteiger partial charge in [0.1, 0.15) is 16.5 Å². The van der Waals surface area contributed by atoms with Crippen molar-refractivity contribution in [2.24, 2.45) is 0 Å². The van der Waals surface area contributed by atoms with Crippen LogP contribution in [0, 0.1) is 0 Å². The van der Waals surface area contributed by atoms with Gasteiger partial charge in [-0.25, -0.2) is 9.69 Å². The highest BCUT2D eigenvalue weighted by Gasteiger charge is 2.39. The van der Waals surface area contributed by atoms with Gasteiger partial charge < -0.3 is 19.8 Å². The number of carbonyl (C=O) groups excluding carboxylic acids is 4. The van der Waals surface area contributed by atoms with Crippen molar-refractivity contribution in [1.29, 1.82) is 0 Å². The summed E-state index contributed by atoms with van der Waals surface area (Å²) in [5, 5.41) is 5.33. The van der Waals surface area contributed by atoms with E-state index in [2.05, 4.69) is 10.6 Å². The van der Waals surface area contributed by atoms with Crippen LogP contribution in [-0.4, -0.2) is 30.3 Å². The highest BCUT2D eigenvalue weighted by molar-refractivity contribution is 6.53. The maximum absolute atomic E-state index is 13.0. The number of furan rings is 1. The van der Waals surface area contributed by atoms with E-state index in [0.29, 0.717) is 35.6 Å². The number of amides is 3. The Hall–Kier alpha value is -4.37. The maximum Gasteiger partial charge on any atom is 0.338 e. The number of hydrogen-bond donors (Lipinski definition) is 2. The maximum atomic E-state index is 13.0. The molecule has 0 aliphatic carbocycles. The van der Waals surface area contributed by atoms with Gasteiger partial charge in [-0.2, -0.15) is 0 Å². The molecule has 0 atom stereocenters. The van der Waals surface area contributed by atoms with Gasteiger partial charge in [-0.15, -0.1) is 0 Å². The van der Waals surface area contributed by atoms with E-state index in [1.807, 2.05) is 6.92 Å². The van der Waals surface area contributed by atoms with Gasteiger partial charge in [0.05, 0.1) is 30.7 Å². The first kappa shape index (κ1) is 24.7. The molecular weight excluding hydrogens is 486 g/mol. The van der Waals surface area contributed by atoms with E-state index >= 15 is 0 Å². The molecule has 1 aromatic heterocycles. The molecule has 0 bridgehead atoms. The highest BCUT2D eigenvalue weighted by atomic mass is 35.5. The summed E-state index contributed by atoms with van der Waals surface area (Å²) < 4.78 is 10.3. The molecule has 36 heavy (non-hydrogen) atoms. The van der Waals surface area contributed by atoms with Crippen LogP contribution in [0.3, 0.4) is 0 Å². The lowest BCUT2D eigenvalue weighted by molar-refractivity contribution is -0.120. The Morgan fingerprint density at radius 3 is 2.31 bits per heavy atom. The Bertz CT molecular complexity index is 1310. The molecule has 2 aromatic carbocycles. The van der Waals surface area contributed by atoms with E-state index < -0.39 is 17.8 Å². The minimum atomic E-state index is -0.695. The van der Waals surface area contributed by atoms with Crippen LogP contribution in [0.2, 0.25) is 0 Å². The van der Waals surface area contributed by atoms with E-state index in [4.69, 9.17) is 20.8 Å². The van der Waals surface area contributed by atoms with Crippen LogP contribution in [0.25, 0.3) is 0 Å². The Kier molecular flexibility index (Phi) is 7.50. The Morgan fingerprint density at radius 1 is 0.972 bits per heavy atom. The summed E-state index contributed by atoms with van der Waals surface area (Å²) in [4.78, 5) is 50.9. The van der Waals surface area contributed by atoms with Crippen LogP contribution >= 0.6 is 11.6 Å². The van der Waals surface area contributed by atoms with Crippen molar-refractivity contribution in [3.63, 3.8) is 0 Å². The van der Waals surface area contributed by atoms with Crippen molar-refractivity contribution >= 4 is 46.7 Å². The van der Waals surface area contributed by atoms with Crippen molar-refractivity contribution < 1.29 is 28.3 Å². The van der Waals surface area contributed by atoms with Crippen molar-refractivity contribution in [2.75, 3.05) is 16.8 Å². The molecule has 0 radical (unpaired) electrons. The molecule has 4 rings (SSSR count). The molecule has 1 aliphatic heterocycles. The number of hydrogen-bond acceptors (Lipinski definition) is 7. The zero-order valence-corrected chi connectivity index (χ0v) is 20.0. The highest BCUT2D eigenvalue weighted by Crippen LogP contribution is 2.30. The number of carbonyl (C=O) groups is 4. The minimum absolute atomic E-state index is 0.0943. The van der Waals surface area contributed by atoms with Gasteiger partial charge in [-0.05, 0) is 67.1 Å². The molecular formula is C26H22ClN3O6. The third-order valence-corrected chi connectivity index (χ3v) is 5.60. The second kappa shape index (κ2) is 10.9. The summed E-state index contributed by atoms with van der Waals surface area (Å²) in [6.45, 7) is 2.44. The Balaban J connectivity index is 1.41. The second-order valence-corrected chi connectivity index (χ2v) is 8.16. The predicted octanol–water partition coefficient (Wildman–Crippen LogP) is 4.21. The number of halogens is 1. The quantitative estimate of drug-likeness (QED) is 0.329. The molecule has 3 aromatic rings. The van der Waals surface area contributed by atoms with Gasteiger partial charge in [-0.1, -0.05) is 18.5 Å². The molecule has 0 unspecified atom stereocenters. The van der Waals surface area contributed by atoms with Crippen LogP contribution in [-0.2, 0) is 20.9 Å². The van der Waals surface area contributed by atoms with E-state index in [-0.39, 0.29) is 28.9 Å². The smallest absolute Gasteiger partial charge is 0.338 e. The number of imide groups is 1. The van der Waals surface area contributed by atoms with E-state index in [1.54, 1.807) is 36.4 Å². The van der Waals surface area contributed by atoms with Crippen LogP contribution in [0.15, 0.2) is 82.1 Å². The first-order chi connectivity index (χ1) is 17.4. The Labute approximate surface area is 211 Å². The first-order valence-corrected chi connectivity index (χ1v) is 11.5. The van der Waals surface area contributed by atoms with Gasteiger partial charge in [0, 0.05) is 11.3 Å². The number of ether oxygens (including phenoxy) is 1. The predicted molar refractivity (Wildman–Crippen MR) is 132 cm³/mol. The van der Waals surface area contributed by atoms with Crippen LogP contribution in [0.1, 0.15) is 39.8 Å². The minimum Gasteiger partial charge on any atom is -0.467 e. The van der Waals surface area contributed by atoms with E-state index in [1.165, 1.54) is 30.5 Å². The summed E-state index contributed by atoms with van der Waals surface area (Å²) in [6, 6.07) is 15.7. The lowest BCUT2D eigenvalue weighted by atomic mass is 10.2. The lowest BCUT2D eigenvalue weighted by Gasteiger charge is -2.15. The number of rotatable bonds is 9. The monoisotopic (exact) mass is 507 g/mol. The van der Waals surface area contributed by atoms with Crippen molar-refractivity contribution in [3.8, 4) is 0 Å². The summed E-state index contributed by atoms with van der Waals surface area (Å²) in [5.41, 5.74) is 1.33. The molecule has 2 heterocycles. The molecule has 10 heteroatoms. The second-order valence-electron chi connectivity index (χ2n) is 7.78. The topological polar surface area (TPSA) is 118 Å². The van der Waals surface area contributed by atoms with Gasteiger partial charge >= 0.3 is 5.97 Å². The number of esters is 1. The molecule has 1 aliphatic rings. The van der Waals surface area contributed by atoms with Gasteiger partial charge in [-0.3, -0.25) is 14.4 Å².